The van der Waals surface area contributed by atoms with E-state index in [1.54, 1.807) is 19.2 Å². The van der Waals surface area contributed by atoms with Gasteiger partial charge >= 0.3 is 6.18 Å². The SMILES string of the molecule is CN=C(NCC(C)Oc1cccc(F)c1)NC1CCC(C(F)(F)F)CC1. The molecule has 1 aliphatic rings. The lowest BCUT2D eigenvalue weighted by Gasteiger charge is -2.31. The third-order valence-electron chi connectivity index (χ3n) is 4.44. The summed E-state index contributed by atoms with van der Waals surface area (Å²) < 4.78 is 56.9. The van der Waals surface area contributed by atoms with E-state index >= 15 is 0 Å². The number of alkyl halides is 3. The molecule has 0 bridgehead atoms. The lowest BCUT2D eigenvalue weighted by atomic mass is 9.85. The molecule has 2 rings (SSSR count). The third kappa shape index (κ3) is 6.38. The molecule has 1 atom stereocenters. The highest BCUT2D eigenvalue weighted by molar-refractivity contribution is 5.80. The molecular formula is C18H25F4N3O. The normalized spacial score (nSPS) is 22.6. The highest BCUT2D eigenvalue weighted by Crippen LogP contribution is 2.37. The van der Waals surface area contributed by atoms with Crippen molar-refractivity contribution in [2.45, 2.75) is 50.9 Å². The Kier molecular flexibility index (Phi) is 7.11. The van der Waals surface area contributed by atoms with E-state index < -0.39 is 12.1 Å². The fraction of sp³-hybridized carbons (Fsp3) is 0.611. The second-order valence-corrected chi connectivity index (χ2v) is 6.57. The number of hydrogen-bond acceptors (Lipinski definition) is 2. The van der Waals surface area contributed by atoms with E-state index in [0.29, 0.717) is 31.1 Å². The summed E-state index contributed by atoms with van der Waals surface area (Å²) in [5.74, 6) is -0.604. The Bertz CT molecular complexity index is 598. The summed E-state index contributed by atoms with van der Waals surface area (Å²) in [6.45, 7) is 2.26. The van der Waals surface area contributed by atoms with Crippen LogP contribution in [-0.2, 0) is 0 Å². The van der Waals surface area contributed by atoms with Crippen molar-refractivity contribution in [3.8, 4) is 5.75 Å². The molecule has 0 radical (unpaired) electrons. The minimum Gasteiger partial charge on any atom is -0.489 e. The number of rotatable bonds is 5. The van der Waals surface area contributed by atoms with Gasteiger partial charge in [-0.05, 0) is 44.7 Å². The van der Waals surface area contributed by atoms with Crippen LogP contribution in [0.15, 0.2) is 29.3 Å². The number of benzene rings is 1. The van der Waals surface area contributed by atoms with Gasteiger partial charge in [-0.15, -0.1) is 0 Å². The van der Waals surface area contributed by atoms with Crippen LogP contribution in [-0.4, -0.2) is 37.9 Å². The van der Waals surface area contributed by atoms with Gasteiger partial charge in [0.1, 0.15) is 17.7 Å². The summed E-state index contributed by atoms with van der Waals surface area (Å²) in [4.78, 5) is 4.10. The maximum absolute atomic E-state index is 13.2. The molecule has 1 aromatic rings. The number of guanidine groups is 1. The Labute approximate surface area is 151 Å². The van der Waals surface area contributed by atoms with Crippen molar-refractivity contribution in [1.29, 1.82) is 0 Å². The summed E-state index contributed by atoms with van der Waals surface area (Å²) in [5.41, 5.74) is 0. The first-order valence-electron chi connectivity index (χ1n) is 8.74. The van der Waals surface area contributed by atoms with Crippen molar-refractivity contribution < 1.29 is 22.3 Å². The van der Waals surface area contributed by atoms with Crippen LogP contribution in [0.4, 0.5) is 17.6 Å². The van der Waals surface area contributed by atoms with Gasteiger partial charge in [0.05, 0.1) is 12.5 Å². The van der Waals surface area contributed by atoms with Crippen molar-refractivity contribution in [2.24, 2.45) is 10.9 Å². The van der Waals surface area contributed by atoms with E-state index in [4.69, 9.17) is 4.74 Å². The van der Waals surface area contributed by atoms with Crippen molar-refractivity contribution in [3.05, 3.63) is 30.1 Å². The van der Waals surface area contributed by atoms with Crippen LogP contribution in [0.25, 0.3) is 0 Å². The van der Waals surface area contributed by atoms with E-state index in [2.05, 4.69) is 15.6 Å². The summed E-state index contributed by atoms with van der Waals surface area (Å²) in [7, 11) is 1.61. The van der Waals surface area contributed by atoms with Gasteiger partial charge in [0.2, 0.25) is 0 Å². The first-order chi connectivity index (χ1) is 12.3. The Hall–Kier alpha value is -1.99. The summed E-state index contributed by atoms with van der Waals surface area (Å²) in [5, 5.41) is 6.25. The largest absolute Gasteiger partial charge is 0.489 e. The minimum absolute atomic E-state index is 0.0285. The average Bonchev–Trinajstić information content (AvgIpc) is 2.58. The highest BCUT2D eigenvalue weighted by Gasteiger charge is 2.41. The predicted molar refractivity (Wildman–Crippen MR) is 92.8 cm³/mol. The van der Waals surface area contributed by atoms with Crippen LogP contribution >= 0.6 is 0 Å². The van der Waals surface area contributed by atoms with Gasteiger partial charge in [0, 0.05) is 19.2 Å². The molecule has 146 valence electrons. The number of ether oxygens (including phenoxy) is 1. The van der Waals surface area contributed by atoms with E-state index in [1.807, 2.05) is 6.92 Å². The Morgan fingerprint density at radius 3 is 2.54 bits per heavy atom. The molecular weight excluding hydrogens is 350 g/mol. The van der Waals surface area contributed by atoms with Gasteiger partial charge in [0.15, 0.2) is 5.96 Å². The fourth-order valence-electron chi connectivity index (χ4n) is 3.01. The standard InChI is InChI=1S/C18H25F4N3O/c1-12(26-16-5-3-4-14(19)10-16)11-24-17(23-2)25-15-8-6-13(7-9-15)18(20,21)22/h3-5,10,12-13,15H,6-9,11H2,1-2H3,(H2,23,24,25). The van der Waals surface area contributed by atoms with Crippen LogP contribution in [0.2, 0.25) is 0 Å². The van der Waals surface area contributed by atoms with Gasteiger partial charge in [-0.25, -0.2) is 4.39 Å². The molecule has 4 nitrogen and oxygen atoms in total. The van der Waals surface area contributed by atoms with E-state index in [9.17, 15) is 17.6 Å². The Balaban J connectivity index is 1.74. The molecule has 0 aromatic heterocycles. The van der Waals surface area contributed by atoms with Crippen LogP contribution in [0.3, 0.4) is 0 Å². The number of hydrogen-bond donors (Lipinski definition) is 2. The third-order valence-corrected chi connectivity index (χ3v) is 4.44. The molecule has 1 unspecified atom stereocenters. The number of halogens is 4. The second kappa shape index (κ2) is 9.09. The minimum atomic E-state index is -4.10. The van der Waals surface area contributed by atoms with Crippen molar-refractivity contribution in [3.63, 3.8) is 0 Å². The van der Waals surface area contributed by atoms with Crippen LogP contribution in [0.1, 0.15) is 32.6 Å². The second-order valence-electron chi connectivity index (χ2n) is 6.57. The monoisotopic (exact) mass is 375 g/mol. The lowest BCUT2D eigenvalue weighted by molar-refractivity contribution is -0.182. The molecule has 26 heavy (non-hydrogen) atoms. The lowest BCUT2D eigenvalue weighted by Crippen LogP contribution is -2.47. The van der Waals surface area contributed by atoms with Crippen molar-refractivity contribution in [2.75, 3.05) is 13.6 Å². The summed E-state index contributed by atoms with van der Waals surface area (Å²) in [6, 6.07) is 5.87. The summed E-state index contributed by atoms with van der Waals surface area (Å²) >= 11 is 0. The van der Waals surface area contributed by atoms with E-state index in [0.717, 1.165) is 0 Å². The molecule has 2 N–H and O–H groups in total. The van der Waals surface area contributed by atoms with E-state index in [-0.39, 0.29) is 30.8 Å². The number of nitrogens with zero attached hydrogens (tertiary/aromatic N) is 1. The molecule has 1 aliphatic carbocycles. The molecule has 1 aromatic carbocycles. The van der Waals surface area contributed by atoms with E-state index in [1.165, 1.54) is 12.1 Å². The van der Waals surface area contributed by atoms with Gasteiger partial charge in [0.25, 0.3) is 0 Å². The van der Waals surface area contributed by atoms with Gasteiger partial charge < -0.3 is 15.4 Å². The molecule has 0 spiro atoms. The van der Waals surface area contributed by atoms with Gasteiger partial charge in [-0.2, -0.15) is 13.2 Å². The van der Waals surface area contributed by atoms with Crippen LogP contribution in [0, 0.1) is 11.7 Å². The average molecular weight is 375 g/mol. The molecule has 1 fully saturated rings. The molecule has 0 amide bonds. The summed E-state index contributed by atoms with van der Waals surface area (Å²) in [6.07, 6.45) is -3.15. The molecule has 0 heterocycles. The highest BCUT2D eigenvalue weighted by atomic mass is 19.4. The number of aliphatic imine (C=N–C) groups is 1. The van der Waals surface area contributed by atoms with Gasteiger partial charge in [-0.3, -0.25) is 4.99 Å². The molecule has 0 saturated heterocycles. The first-order valence-corrected chi connectivity index (χ1v) is 8.74. The topological polar surface area (TPSA) is 45.7 Å². The molecule has 8 heteroatoms. The fourth-order valence-corrected chi connectivity index (χ4v) is 3.01. The molecule has 1 saturated carbocycles. The number of nitrogens with one attached hydrogen (secondary N) is 2. The zero-order chi connectivity index (χ0) is 19.2. The van der Waals surface area contributed by atoms with Crippen LogP contribution < -0.4 is 15.4 Å². The van der Waals surface area contributed by atoms with Crippen LogP contribution in [0.5, 0.6) is 5.75 Å². The van der Waals surface area contributed by atoms with Gasteiger partial charge in [-0.1, -0.05) is 6.07 Å². The van der Waals surface area contributed by atoms with Crippen molar-refractivity contribution in [1.82, 2.24) is 10.6 Å². The molecule has 0 aliphatic heterocycles. The zero-order valence-corrected chi connectivity index (χ0v) is 14.9. The maximum Gasteiger partial charge on any atom is 0.391 e. The maximum atomic E-state index is 13.2. The zero-order valence-electron chi connectivity index (χ0n) is 14.9. The predicted octanol–water partition coefficient (Wildman–Crippen LogP) is 3.88. The first kappa shape index (κ1) is 20.3. The Morgan fingerprint density at radius 2 is 1.96 bits per heavy atom. The smallest absolute Gasteiger partial charge is 0.391 e. The Morgan fingerprint density at radius 1 is 1.27 bits per heavy atom. The quantitative estimate of drug-likeness (QED) is 0.466. The van der Waals surface area contributed by atoms with Crippen molar-refractivity contribution >= 4 is 5.96 Å².